The van der Waals surface area contributed by atoms with Gasteiger partial charge in [0.25, 0.3) is 0 Å². The Labute approximate surface area is 139 Å². The van der Waals surface area contributed by atoms with E-state index in [0.29, 0.717) is 12.2 Å². The highest BCUT2D eigenvalue weighted by molar-refractivity contribution is 5.94. The molecule has 0 aromatic rings. The molecule has 1 unspecified atom stereocenters. The summed E-state index contributed by atoms with van der Waals surface area (Å²) in [6.07, 6.45) is 6.96. The highest BCUT2D eigenvalue weighted by Gasteiger charge is 2.63. The number of carbonyl (C=O) groups excluding carboxylic acids is 1. The van der Waals surface area contributed by atoms with Crippen molar-refractivity contribution in [2.24, 2.45) is 29.1 Å². The summed E-state index contributed by atoms with van der Waals surface area (Å²) in [5, 5.41) is 20.8. The number of carbonyl (C=O) groups is 1. The molecule has 3 aliphatic rings. The molecular formula is C20H30O3. The number of rotatable bonds is 2. The molecule has 0 heterocycles. The highest BCUT2D eigenvalue weighted by atomic mass is 16.3. The number of aliphatic hydroxyl groups excluding tert-OH is 2. The SMILES string of the molecule is CCC1C(=O)[C@]2(C)CC[C@H](O)[C@@H](C#C[C@@H](O)C3CCCCC3)[C@H]12. The normalized spacial score (nSPS) is 42.2. The summed E-state index contributed by atoms with van der Waals surface area (Å²) >= 11 is 0. The van der Waals surface area contributed by atoms with Crippen molar-refractivity contribution >= 4 is 5.78 Å². The van der Waals surface area contributed by atoms with E-state index in [1.54, 1.807) is 0 Å². The van der Waals surface area contributed by atoms with Crippen LogP contribution in [-0.2, 0) is 4.79 Å². The molecular weight excluding hydrogens is 288 g/mol. The molecule has 3 aliphatic carbocycles. The van der Waals surface area contributed by atoms with Gasteiger partial charge < -0.3 is 10.2 Å². The smallest absolute Gasteiger partial charge is 0.142 e. The van der Waals surface area contributed by atoms with Gasteiger partial charge in [-0.05, 0) is 43.9 Å². The van der Waals surface area contributed by atoms with Gasteiger partial charge in [0.15, 0.2) is 0 Å². The van der Waals surface area contributed by atoms with Crippen molar-refractivity contribution < 1.29 is 15.0 Å². The van der Waals surface area contributed by atoms with E-state index in [1.807, 2.05) is 13.8 Å². The van der Waals surface area contributed by atoms with Crippen LogP contribution in [0.25, 0.3) is 0 Å². The molecule has 0 bridgehead atoms. The second kappa shape index (κ2) is 6.57. The van der Waals surface area contributed by atoms with Crippen LogP contribution in [0.2, 0.25) is 0 Å². The fourth-order valence-corrected chi connectivity index (χ4v) is 5.28. The molecule has 0 amide bonds. The first-order chi connectivity index (χ1) is 11.0. The van der Waals surface area contributed by atoms with Crippen LogP contribution in [0, 0.1) is 40.9 Å². The van der Waals surface area contributed by atoms with E-state index in [0.717, 1.165) is 25.7 Å². The average Bonchev–Trinajstić information content (AvgIpc) is 2.58. The van der Waals surface area contributed by atoms with E-state index in [2.05, 4.69) is 11.8 Å². The molecule has 3 rings (SSSR count). The number of fused-ring (bicyclic) bond motifs is 1. The van der Waals surface area contributed by atoms with Crippen molar-refractivity contribution in [2.75, 3.05) is 0 Å². The van der Waals surface area contributed by atoms with E-state index in [9.17, 15) is 15.0 Å². The molecule has 0 spiro atoms. The predicted octanol–water partition coefficient (Wildman–Crippen LogP) is 2.93. The summed E-state index contributed by atoms with van der Waals surface area (Å²) in [6.45, 7) is 4.09. The van der Waals surface area contributed by atoms with E-state index in [4.69, 9.17) is 0 Å². The minimum absolute atomic E-state index is 0.0427. The van der Waals surface area contributed by atoms with Gasteiger partial charge in [0.05, 0.1) is 12.0 Å². The molecule has 2 N–H and O–H groups in total. The zero-order valence-corrected chi connectivity index (χ0v) is 14.4. The Bertz CT molecular complexity index is 511. The number of Topliss-reactive ketones (excluding diaryl/α,β-unsaturated/α-hetero) is 1. The molecule has 3 nitrogen and oxygen atoms in total. The van der Waals surface area contributed by atoms with Gasteiger partial charge in [-0.3, -0.25) is 4.79 Å². The van der Waals surface area contributed by atoms with E-state index in [-0.39, 0.29) is 29.1 Å². The van der Waals surface area contributed by atoms with E-state index in [1.165, 1.54) is 19.3 Å². The Kier molecular flexibility index (Phi) is 4.85. The average molecular weight is 318 g/mol. The quantitative estimate of drug-likeness (QED) is 0.770. The Hall–Kier alpha value is -0.850. The summed E-state index contributed by atoms with van der Waals surface area (Å²) in [7, 11) is 0. The Morgan fingerprint density at radius 3 is 2.61 bits per heavy atom. The second-order valence-electron chi connectivity index (χ2n) is 8.09. The van der Waals surface area contributed by atoms with Crippen molar-refractivity contribution in [1.29, 1.82) is 0 Å². The van der Waals surface area contributed by atoms with Gasteiger partial charge in [0.2, 0.25) is 0 Å². The molecule has 3 fully saturated rings. The largest absolute Gasteiger partial charge is 0.392 e. The molecule has 0 saturated heterocycles. The summed E-state index contributed by atoms with van der Waals surface area (Å²) in [4.78, 5) is 12.4. The van der Waals surface area contributed by atoms with Crippen LogP contribution in [0.3, 0.4) is 0 Å². The van der Waals surface area contributed by atoms with Gasteiger partial charge in [-0.1, -0.05) is 45.0 Å². The lowest BCUT2D eigenvalue weighted by Gasteiger charge is -2.57. The van der Waals surface area contributed by atoms with Gasteiger partial charge in [-0.25, -0.2) is 0 Å². The highest BCUT2D eigenvalue weighted by Crippen LogP contribution is 2.59. The van der Waals surface area contributed by atoms with Gasteiger partial charge in [-0.15, -0.1) is 0 Å². The maximum atomic E-state index is 12.4. The lowest BCUT2D eigenvalue weighted by molar-refractivity contribution is -0.171. The minimum atomic E-state index is -0.577. The standard InChI is InChI=1S/C20H30O3/c1-3-14-18-15(17(22)11-12-20(18,2)19(14)23)9-10-16(21)13-7-5-4-6-8-13/h13-18,21-22H,3-8,11-12H2,1-2H3/t14?,15-,16-,17+,18+,20-/m1/s1. The van der Waals surface area contributed by atoms with Crippen LogP contribution < -0.4 is 0 Å². The molecule has 3 heteroatoms. The molecule has 0 aliphatic heterocycles. The topological polar surface area (TPSA) is 57.5 Å². The number of hydrogen-bond acceptors (Lipinski definition) is 3. The number of ketones is 1. The zero-order chi connectivity index (χ0) is 16.6. The first kappa shape index (κ1) is 17.0. The Morgan fingerprint density at radius 1 is 1.26 bits per heavy atom. The Balaban J connectivity index is 1.75. The third-order valence-corrected chi connectivity index (χ3v) is 6.76. The van der Waals surface area contributed by atoms with Crippen molar-refractivity contribution in [2.45, 2.75) is 77.4 Å². The number of aliphatic hydroxyl groups is 2. The zero-order valence-electron chi connectivity index (χ0n) is 14.4. The van der Waals surface area contributed by atoms with Crippen LogP contribution in [0.4, 0.5) is 0 Å². The minimum Gasteiger partial charge on any atom is -0.392 e. The van der Waals surface area contributed by atoms with Crippen molar-refractivity contribution in [3.05, 3.63) is 0 Å². The fraction of sp³-hybridized carbons (Fsp3) is 0.850. The molecule has 128 valence electrons. The summed E-state index contributed by atoms with van der Waals surface area (Å²) < 4.78 is 0. The van der Waals surface area contributed by atoms with Crippen LogP contribution in [0.15, 0.2) is 0 Å². The third kappa shape index (κ3) is 2.85. The van der Waals surface area contributed by atoms with Crippen molar-refractivity contribution in [3.8, 4) is 11.8 Å². The van der Waals surface area contributed by atoms with Crippen LogP contribution in [0.5, 0.6) is 0 Å². The Morgan fingerprint density at radius 2 is 1.96 bits per heavy atom. The fourth-order valence-electron chi connectivity index (χ4n) is 5.28. The van der Waals surface area contributed by atoms with Crippen molar-refractivity contribution in [3.63, 3.8) is 0 Å². The monoisotopic (exact) mass is 318 g/mol. The van der Waals surface area contributed by atoms with Gasteiger partial charge in [-0.2, -0.15) is 0 Å². The van der Waals surface area contributed by atoms with Crippen LogP contribution in [0.1, 0.15) is 65.2 Å². The molecule has 0 aromatic heterocycles. The first-order valence-corrected chi connectivity index (χ1v) is 9.40. The summed E-state index contributed by atoms with van der Waals surface area (Å²) in [5.41, 5.74) is -0.297. The maximum Gasteiger partial charge on any atom is 0.142 e. The molecule has 0 aromatic carbocycles. The number of hydrogen-bond donors (Lipinski definition) is 2. The van der Waals surface area contributed by atoms with Gasteiger partial charge in [0, 0.05) is 11.3 Å². The molecule has 6 atom stereocenters. The summed E-state index contributed by atoms with van der Waals surface area (Å²) in [5.74, 6) is 6.95. The predicted molar refractivity (Wildman–Crippen MR) is 89.5 cm³/mol. The first-order valence-electron chi connectivity index (χ1n) is 9.40. The molecule has 23 heavy (non-hydrogen) atoms. The lowest BCUT2D eigenvalue weighted by atomic mass is 9.44. The van der Waals surface area contributed by atoms with Crippen LogP contribution >= 0.6 is 0 Å². The van der Waals surface area contributed by atoms with Gasteiger partial charge >= 0.3 is 0 Å². The lowest BCUT2D eigenvalue weighted by Crippen LogP contribution is -2.62. The second-order valence-corrected chi connectivity index (χ2v) is 8.09. The maximum absolute atomic E-state index is 12.4. The molecule has 0 radical (unpaired) electrons. The third-order valence-electron chi connectivity index (χ3n) is 6.76. The van der Waals surface area contributed by atoms with E-state index < -0.39 is 12.2 Å². The molecule has 3 saturated carbocycles. The van der Waals surface area contributed by atoms with Crippen LogP contribution in [-0.4, -0.2) is 28.2 Å². The van der Waals surface area contributed by atoms with E-state index >= 15 is 0 Å². The summed E-state index contributed by atoms with van der Waals surface area (Å²) in [6, 6.07) is 0. The van der Waals surface area contributed by atoms with Gasteiger partial charge in [0.1, 0.15) is 11.9 Å². The van der Waals surface area contributed by atoms with Crippen molar-refractivity contribution in [1.82, 2.24) is 0 Å².